The zero-order chi connectivity index (χ0) is 13.5. The summed E-state index contributed by atoms with van der Waals surface area (Å²) in [6.45, 7) is 1.47. The van der Waals surface area contributed by atoms with Crippen LogP contribution in [0.1, 0.15) is 21.6 Å². The number of hydrogen-bond donors (Lipinski definition) is 2. The molecule has 0 aliphatic heterocycles. The molecule has 0 aliphatic rings. The Balaban J connectivity index is 1.80. The second-order valence-corrected chi connectivity index (χ2v) is 4.25. The summed E-state index contributed by atoms with van der Waals surface area (Å²) in [5, 5.41) is 12.2. The van der Waals surface area contributed by atoms with Crippen LogP contribution in [0, 0.1) is 0 Å². The summed E-state index contributed by atoms with van der Waals surface area (Å²) in [5.41, 5.74) is 2.35. The molecule has 0 atom stereocenters. The van der Waals surface area contributed by atoms with Crippen molar-refractivity contribution in [3.63, 3.8) is 0 Å². The van der Waals surface area contributed by atoms with Crippen LogP contribution in [0.3, 0.4) is 0 Å². The van der Waals surface area contributed by atoms with Gasteiger partial charge in [0.25, 0.3) is 0 Å². The number of carbonyl (C=O) groups is 1. The molecule has 0 saturated carbocycles. The first-order valence-electron chi connectivity index (χ1n) is 6.18. The predicted octanol–water partition coefficient (Wildman–Crippen LogP) is 2.11. The molecule has 1 aromatic carbocycles. The van der Waals surface area contributed by atoms with Crippen molar-refractivity contribution in [1.82, 2.24) is 10.3 Å². The summed E-state index contributed by atoms with van der Waals surface area (Å²) in [7, 11) is 0. The third-order valence-electron chi connectivity index (χ3n) is 2.79. The minimum atomic E-state index is -0.893. The monoisotopic (exact) mass is 256 g/mol. The zero-order valence-electron chi connectivity index (χ0n) is 10.5. The molecule has 0 spiro atoms. The van der Waals surface area contributed by atoms with E-state index >= 15 is 0 Å². The van der Waals surface area contributed by atoms with Crippen LogP contribution in [0.15, 0.2) is 48.7 Å². The Morgan fingerprint density at radius 2 is 2.11 bits per heavy atom. The third-order valence-corrected chi connectivity index (χ3v) is 2.79. The topological polar surface area (TPSA) is 62.2 Å². The number of rotatable bonds is 6. The maximum Gasteiger partial charge on any atom is 0.335 e. The predicted molar refractivity (Wildman–Crippen MR) is 73.0 cm³/mol. The highest BCUT2D eigenvalue weighted by atomic mass is 16.4. The molecule has 4 heteroatoms. The highest BCUT2D eigenvalue weighted by molar-refractivity contribution is 5.87. The van der Waals surface area contributed by atoms with Crippen LogP contribution in [-0.4, -0.2) is 22.6 Å². The highest BCUT2D eigenvalue weighted by Gasteiger charge is 2.02. The van der Waals surface area contributed by atoms with Crippen molar-refractivity contribution >= 4 is 5.97 Å². The number of nitrogens with one attached hydrogen (secondary N) is 1. The van der Waals surface area contributed by atoms with Crippen LogP contribution in [-0.2, 0) is 13.0 Å². The number of aromatic carboxylic acids is 1. The number of pyridine rings is 1. The smallest absolute Gasteiger partial charge is 0.335 e. The summed E-state index contributed by atoms with van der Waals surface area (Å²) < 4.78 is 0. The van der Waals surface area contributed by atoms with Gasteiger partial charge in [0.05, 0.1) is 5.56 Å². The molecule has 0 fully saturated rings. The lowest BCUT2D eigenvalue weighted by molar-refractivity contribution is 0.0696. The fraction of sp³-hybridized carbons (Fsp3) is 0.200. The lowest BCUT2D eigenvalue weighted by Gasteiger charge is -2.05. The van der Waals surface area contributed by atoms with Crippen molar-refractivity contribution < 1.29 is 9.90 Å². The zero-order valence-corrected chi connectivity index (χ0v) is 10.5. The fourth-order valence-electron chi connectivity index (χ4n) is 1.81. The Morgan fingerprint density at radius 1 is 1.21 bits per heavy atom. The van der Waals surface area contributed by atoms with Gasteiger partial charge in [-0.3, -0.25) is 4.98 Å². The Kier molecular flexibility index (Phi) is 4.64. The van der Waals surface area contributed by atoms with Gasteiger partial charge in [0, 0.05) is 31.4 Å². The summed E-state index contributed by atoms with van der Waals surface area (Å²) in [6.07, 6.45) is 2.64. The normalized spacial score (nSPS) is 10.3. The second-order valence-electron chi connectivity index (χ2n) is 4.25. The fourth-order valence-corrected chi connectivity index (χ4v) is 1.81. The van der Waals surface area contributed by atoms with E-state index in [-0.39, 0.29) is 0 Å². The molecule has 1 aromatic heterocycles. The highest BCUT2D eigenvalue weighted by Crippen LogP contribution is 2.05. The number of carboxylic acids is 1. The Morgan fingerprint density at radius 3 is 2.84 bits per heavy atom. The summed E-state index contributed by atoms with van der Waals surface area (Å²) in [4.78, 5) is 15.1. The van der Waals surface area contributed by atoms with Crippen molar-refractivity contribution in [1.29, 1.82) is 0 Å². The molecule has 1 heterocycles. The van der Waals surface area contributed by atoms with E-state index in [1.165, 1.54) is 0 Å². The van der Waals surface area contributed by atoms with Gasteiger partial charge in [-0.2, -0.15) is 0 Å². The number of aromatic nitrogens is 1. The van der Waals surface area contributed by atoms with Crippen LogP contribution < -0.4 is 5.32 Å². The average molecular weight is 256 g/mol. The maximum atomic E-state index is 10.8. The van der Waals surface area contributed by atoms with E-state index in [1.54, 1.807) is 24.4 Å². The van der Waals surface area contributed by atoms with Gasteiger partial charge in [0.15, 0.2) is 0 Å². The molecule has 2 N–H and O–H groups in total. The van der Waals surface area contributed by atoms with Crippen molar-refractivity contribution in [2.75, 3.05) is 6.54 Å². The minimum absolute atomic E-state index is 0.323. The minimum Gasteiger partial charge on any atom is -0.478 e. The van der Waals surface area contributed by atoms with Gasteiger partial charge in [0.1, 0.15) is 0 Å². The SMILES string of the molecule is O=C(O)c1cccc(CNCCc2ccccn2)c1. The van der Waals surface area contributed by atoms with Crippen LogP contribution in [0.25, 0.3) is 0 Å². The Hall–Kier alpha value is -2.20. The number of carboxylic acid groups (broad SMARTS) is 1. The van der Waals surface area contributed by atoms with E-state index in [2.05, 4.69) is 10.3 Å². The van der Waals surface area contributed by atoms with Crippen LogP contribution in [0.5, 0.6) is 0 Å². The number of benzene rings is 1. The average Bonchev–Trinajstić information content (AvgIpc) is 2.45. The molecule has 2 aromatic rings. The lowest BCUT2D eigenvalue weighted by atomic mass is 10.1. The van der Waals surface area contributed by atoms with Crippen LogP contribution in [0.2, 0.25) is 0 Å². The molecule has 2 rings (SSSR count). The van der Waals surface area contributed by atoms with Gasteiger partial charge in [-0.25, -0.2) is 4.79 Å². The van der Waals surface area contributed by atoms with Gasteiger partial charge in [-0.1, -0.05) is 18.2 Å². The van der Waals surface area contributed by atoms with Gasteiger partial charge in [0.2, 0.25) is 0 Å². The molecule has 0 radical (unpaired) electrons. The van der Waals surface area contributed by atoms with Crippen molar-refractivity contribution in [3.05, 3.63) is 65.5 Å². The number of hydrogen-bond acceptors (Lipinski definition) is 3. The van der Waals surface area contributed by atoms with E-state index in [9.17, 15) is 4.79 Å². The van der Waals surface area contributed by atoms with Gasteiger partial charge < -0.3 is 10.4 Å². The largest absolute Gasteiger partial charge is 0.478 e. The van der Waals surface area contributed by atoms with Gasteiger partial charge >= 0.3 is 5.97 Å². The van der Waals surface area contributed by atoms with Crippen molar-refractivity contribution in [2.45, 2.75) is 13.0 Å². The van der Waals surface area contributed by atoms with Crippen LogP contribution in [0.4, 0.5) is 0 Å². The first kappa shape index (κ1) is 13.2. The van der Waals surface area contributed by atoms with E-state index < -0.39 is 5.97 Å². The van der Waals surface area contributed by atoms with E-state index in [0.29, 0.717) is 12.1 Å². The maximum absolute atomic E-state index is 10.8. The molecule has 0 amide bonds. The second kappa shape index (κ2) is 6.66. The summed E-state index contributed by atoms with van der Waals surface area (Å²) in [6, 6.07) is 12.8. The first-order chi connectivity index (χ1) is 9.25. The van der Waals surface area contributed by atoms with Crippen LogP contribution >= 0.6 is 0 Å². The van der Waals surface area contributed by atoms with E-state index in [1.807, 2.05) is 24.3 Å². The van der Waals surface area contributed by atoms with Gasteiger partial charge in [-0.05, 0) is 29.8 Å². The Labute approximate surface area is 112 Å². The quantitative estimate of drug-likeness (QED) is 0.777. The number of nitrogens with zero attached hydrogens (tertiary/aromatic N) is 1. The molecule has 0 saturated heterocycles. The molecule has 19 heavy (non-hydrogen) atoms. The standard InChI is InChI=1S/C15H16N2O2/c18-15(19)13-5-3-4-12(10-13)11-16-9-7-14-6-1-2-8-17-14/h1-6,8,10,16H,7,9,11H2,(H,18,19). The molecule has 4 nitrogen and oxygen atoms in total. The third kappa shape index (κ3) is 4.19. The molecule has 0 aliphatic carbocycles. The van der Waals surface area contributed by atoms with Crippen molar-refractivity contribution in [2.24, 2.45) is 0 Å². The van der Waals surface area contributed by atoms with Crippen molar-refractivity contribution in [3.8, 4) is 0 Å². The molecule has 0 unspecified atom stereocenters. The lowest BCUT2D eigenvalue weighted by Crippen LogP contribution is -2.17. The first-order valence-corrected chi connectivity index (χ1v) is 6.18. The molecular weight excluding hydrogens is 240 g/mol. The molecular formula is C15H16N2O2. The Bertz CT molecular complexity index is 541. The van der Waals surface area contributed by atoms with E-state index in [0.717, 1.165) is 24.2 Å². The van der Waals surface area contributed by atoms with E-state index in [4.69, 9.17) is 5.11 Å². The molecule has 0 bridgehead atoms. The van der Waals surface area contributed by atoms with Gasteiger partial charge in [-0.15, -0.1) is 0 Å². The molecule has 98 valence electrons. The summed E-state index contributed by atoms with van der Waals surface area (Å²) >= 11 is 0. The summed E-state index contributed by atoms with van der Waals surface area (Å²) in [5.74, 6) is -0.893.